The Kier molecular flexibility index (Phi) is 11.2. The van der Waals surface area contributed by atoms with E-state index in [-0.39, 0.29) is 47.4 Å². The number of alkyl carbamates (subject to hydrolysis) is 1. The Labute approximate surface area is 269 Å². The largest absolute Gasteiger partial charge is 0.453 e. The van der Waals surface area contributed by atoms with Crippen molar-refractivity contribution in [2.24, 2.45) is 11.8 Å². The minimum Gasteiger partial charge on any atom is -0.453 e. The van der Waals surface area contributed by atoms with E-state index in [4.69, 9.17) is 16.3 Å². The van der Waals surface area contributed by atoms with E-state index in [2.05, 4.69) is 10.6 Å². The Morgan fingerprint density at radius 1 is 1.00 bits per heavy atom. The van der Waals surface area contributed by atoms with E-state index in [1.165, 1.54) is 19.2 Å². The lowest BCUT2D eigenvalue weighted by molar-refractivity contribution is -0.123. The van der Waals surface area contributed by atoms with Crippen molar-refractivity contribution in [1.82, 2.24) is 14.9 Å². The van der Waals surface area contributed by atoms with Gasteiger partial charge in [0.25, 0.3) is 0 Å². The number of ether oxygens (including phenoxy) is 1. The number of fused-ring (bicyclic) bond motifs is 2. The Morgan fingerprint density at radius 3 is 2.38 bits per heavy atom. The highest BCUT2D eigenvalue weighted by Gasteiger charge is 2.40. The molecule has 246 valence electrons. The number of hydrogen-bond acceptors (Lipinski definition) is 6. The number of halogens is 3. The van der Waals surface area contributed by atoms with E-state index in [0.717, 1.165) is 44.6 Å². The monoisotopic (exact) mass is 665 g/mol. The lowest BCUT2D eigenvalue weighted by atomic mass is 9.72. The molecule has 5 rings (SSSR count). The second kappa shape index (κ2) is 14.9. The Balaban J connectivity index is 1.37. The quantitative estimate of drug-likeness (QED) is 0.333. The highest BCUT2D eigenvalue weighted by Crippen LogP contribution is 2.39. The zero-order valence-corrected chi connectivity index (χ0v) is 27.1. The number of benzene rings is 2. The second-order valence-corrected chi connectivity index (χ2v) is 15.2. The zero-order valence-electron chi connectivity index (χ0n) is 25.5. The lowest BCUT2D eigenvalue weighted by Crippen LogP contribution is -2.57. The molecule has 2 bridgehead atoms. The maximum absolute atomic E-state index is 14.5. The van der Waals surface area contributed by atoms with Crippen LogP contribution in [0.2, 0.25) is 5.02 Å². The number of piperazine rings is 1. The van der Waals surface area contributed by atoms with Crippen LogP contribution < -0.4 is 10.6 Å². The van der Waals surface area contributed by atoms with Gasteiger partial charge in [0.1, 0.15) is 17.7 Å². The summed E-state index contributed by atoms with van der Waals surface area (Å²) in [5, 5.41) is 6.66. The van der Waals surface area contributed by atoms with Gasteiger partial charge in [-0.1, -0.05) is 43.0 Å². The molecule has 2 aromatic rings. The summed E-state index contributed by atoms with van der Waals surface area (Å²) in [6.07, 6.45) is 6.09. The van der Waals surface area contributed by atoms with E-state index in [1.54, 1.807) is 28.6 Å². The third-order valence-electron chi connectivity index (χ3n) is 9.77. The highest BCUT2D eigenvalue weighted by atomic mass is 35.5. The first kappa shape index (κ1) is 33.8. The van der Waals surface area contributed by atoms with Crippen LogP contribution >= 0.6 is 11.6 Å². The van der Waals surface area contributed by atoms with Crippen LogP contribution in [-0.2, 0) is 19.6 Å². The highest BCUT2D eigenvalue weighted by molar-refractivity contribution is 7.89. The fourth-order valence-electron chi connectivity index (χ4n) is 7.51. The standard InChI is InChI=1S/C33H42ClF2N3O5S/c1-44-33(41)38-32(31(22-8-11-25(34)12-9-22)24-15-26(35)18-27(36)16-24)30(40)17-23-6-3-2-5-21(23)10-13-29-19-37-28-7-4-14-45(42,43)39(29)20-28/h8-9,11-12,15-16,18,21,23,28-29,31-32,37H,2-7,10,13-14,17,19-20H2,1H3,(H,38,41)/t21-,23-,28-,29+,31+,32-/m1/s1. The summed E-state index contributed by atoms with van der Waals surface area (Å²) >= 11 is 6.13. The average Bonchev–Trinajstić information content (AvgIpc) is 3.12. The van der Waals surface area contributed by atoms with Crippen molar-refractivity contribution in [2.45, 2.75) is 81.8 Å². The van der Waals surface area contributed by atoms with Crippen LogP contribution in [-0.4, -0.2) is 68.7 Å². The molecular formula is C33H42ClF2N3O5S. The number of nitrogens with zero attached hydrogens (tertiary/aromatic N) is 1. The maximum atomic E-state index is 14.5. The summed E-state index contributed by atoms with van der Waals surface area (Å²) < 4.78 is 61.5. The Morgan fingerprint density at radius 2 is 1.69 bits per heavy atom. The summed E-state index contributed by atoms with van der Waals surface area (Å²) in [7, 11) is -2.10. The van der Waals surface area contributed by atoms with Crippen molar-refractivity contribution in [1.29, 1.82) is 0 Å². The first-order valence-corrected chi connectivity index (χ1v) is 17.8. The summed E-state index contributed by atoms with van der Waals surface area (Å²) in [5.74, 6) is -2.36. The molecule has 0 aromatic heterocycles. The molecule has 2 aliphatic heterocycles. The van der Waals surface area contributed by atoms with Gasteiger partial charge in [-0.2, -0.15) is 4.31 Å². The number of carbonyl (C=O) groups excluding carboxylic acids is 2. The molecule has 2 saturated heterocycles. The fourth-order valence-corrected chi connectivity index (χ4v) is 9.44. The minimum absolute atomic E-state index is 0.0216. The molecule has 0 radical (unpaired) electrons. The van der Waals surface area contributed by atoms with Crippen molar-refractivity contribution in [3.63, 3.8) is 0 Å². The van der Waals surface area contributed by atoms with Crippen molar-refractivity contribution in [3.8, 4) is 0 Å². The van der Waals surface area contributed by atoms with Crippen LogP contribution in [0.1, 0.15) is 74.8 Å². The normalized spacial score (nSPS) is 27.5. The van der Waals surface area contributed by atoms with Crippen LogP contribution in [0.25, 0.3) is 0 Å². The van der Waals surface area contributed by atoms with E-state index in [9.17, 15) is 26.8 Å². The summed E-state index contributed by atoms with van der Waals surface area (Å²) in [6, 6.07) is 8.63. The number of methoxy groups -OCH3 is 1. The maximum Gasteiger partial charge on any atom is 0.407 e. The molecule has 1 aliphatic carbocycles. The molecule has 1 saturated carbocycles. The number of rotatable bonds is 10. The van der Waals surface area contributed by atoms with Crippen LogP contribution in [0.15, 0.2) is 42.5 Å². The average molecular weight is 666 g/mol. The van der Waals surface area contributed by atoms with Crippen LogP contribution in [0.4, 0.5) is 13.6 Å². The van der Waals surface area contributed by atoms with Gasteiger partial charge < -0.3 is 15.4 Å². The molecule has 8 nitrogen and oxygen atoms in total. The van der Waals surface area contributed by atoms with Crippen molar-refractivity contribution in [2.75, 3.05) is 26.0 Å². The summed E-state index contributed by atoms with van der Waals surface area (Å²) in [5.41, 5.74) is 0.757. The minimum atomic E-state index is -3.30. The van der Waals surface area contributed by atoms with Gasteiger partial charge in [0, 0.05) is 48.6 Å². The first-order chi connectivity index (χ1) is 21.5. The number of amides is 1. The first-order valence-electron chi connectivity index (χ1n) is 15.9. The second-order valence-electron chi connectivity index (χ2n) is 12.7. The third kappa shape index (κ3) is 8.41. The van der Waals surface area contributed by atoms with E-state index in [1.807, 2.05) is 0 Å². The van der Waals surface area contributed by atoms with Gasteiger partial charge in [0.2, 0.25) is 10.0 Å². The molecule has 3 aliphatic rings. The molecule has 2 heterocycles. The van der Waals surface area contributed by atoms with Gasteiger partial charge in [0.05, 0.1) is 12.9 Å². The molecule has 12 heteroatoms. The van der Waals surface area contributed by atoms with Gasteiger partial charge in [-0.05, 0) is 79.3 Å². The Hall–Kier alpha value is -2.60. The summed E-state index contributed by atoms with van der Waals surface area (Å²) in [4.78, 5) is 26.8. The predicted octanol–water partition coefficient (Wildman–Crippen LogP) is 5.79. The van der Waals surface area contributed by atoms with E-state index in [0.29, 0.717) is 36.5 Å². The molecule has 2 aromatic carbocycles. The van der Waals surface area contributed by atoms with Gasteiger partial charge in [-0.15, -0.1) is 0 Å². The topological polar surface area (TPSA) is 105 Å². The molecule has 2 N–H and O–H groups in total. The molecule has 0 spiro atoms. The predicted molar refractivity (Wildman–Crippen MR) is 169 cm³/mol. The molecular weight excluding hydrogens is 624 g/mol. The van der Waals surface area contributed by atoms with Crippen LogP contribution in [0.5, 0.6) is 0 Å². The smallest absolute Gasteiger partial charge is 0.407 e. The molecule has 3 fully saturated rings. The van der Waals surface area contributed by atoms with Gasteiger partial charge in [-0.25, -0.2) is 22.0 Å². The van der Waals surface area contributed by atoms with Gasteiger partial charge in [-0.3, -0.25) is 4.79 Å². The number of hydrogen-bond donors (Lipinski definition) is 2. The van der Waals surface area contributed by atoms with Crippen LogP contribution in [0.3, 0.4) is 0 Å². The molecule has 1 amide bonds. The number of sulfonamides is 1. The van der Waals surface area contributed by atoms with Crippen molar-refractivity contribution in [3.05, 3.63) is 70.2 Å². The van der Waals surface area contributed by atoms with Gasteiger partial charge >= 0.3 is 6.09 Å². The summed E-state index contributed by atoms with van der Waals surface area (Å²) in [6.45, 7) is 1.13. The molecule has 45 heavy (non-hydrogen) atoms. The third-order valence-corrected chi connectivity index (χ3v) is 12.0. The lowest BCUT2D eigenvalue weighted by Gasteiger charge is -2.39. The number of Topliss-reactive ketones (excluding diaryl/α,β-unsaturated/α-hetero) is 1. The SMILES string of the molecule is COC(=O)N[C@H](C(=O)C[C@H]1CCCC[C@@H]1CC[C@H]1CN[C@@H]2CCCS(=O)(=O)N1C2)[C@@H](c1ccc(Cl)cc1)c1cc(F)cc(F)c1. The van der Waals surface area contributed by atoms with E-state index >= 15 is 0 Å². The fraction of sp³-hybridized carbons (Fsp3) is 0.576. The van der Waals surface area contributed by atoms with Crippen molar-refractivity contribution >= 4 is 33.5 Å². The Bertz CT molecular complexity index is 1440. The van der Waals surface area contributed by atoms with E-state index < -0.39 is 39.7 Å². The zero-order chi connectivity index (χ0) is 32.1. The van der Waals surface area contributed by atoms with Crippen molar-refractivity contribution < 1.29 is 31.5 Å². The molecule has 1 unspecified atom stereocenters. The number of ketones is 1. The number of carbonyl (C=O) groups is 2. The van der Waals surface area contributed by atoms with Crippen LogP contribution in [0, 0.1) is 23.5 Å². The number of nitrogens with one attached hydrogen (secondary N) is 2. The van der Waals surface area contributed by atoms with Gasteiger partial charge in [0.15, 0.2) is 5.78 Å². The molecule has 7 atom stereocenters.